The van der Waals surface area contributed by atoms with E-state index in [2.05, 4.69) is 0 Å². The molecule has 0 spiro atoms. The lowest BCUT2D eigenvalue weighted by atomic mass is 9.78. The summed E-state index contributed by atoms with van der Waals surface area (Å²) >= 11 is 8.48. The number of carbonyl (C=O) groups is 4. The van der Waals surface area contributed by atoms with Gasteiger partial charge in [0, 0.05) is 48.1 Å². The maximum absolute atomic E-state index is 14.5. The van der Waals surface area contributed by atoms with E-state index in [0.29, 0.717) is 16.7 Å². The summed E-state index contributed by atoms with van der Waals surface area (Å²) in [6.45, 7) is 45.7. The number of benzene rings is 4. The summed E-state index contributed by atoms with van der Waals surface area (Å²) in [6, 6.07) is 14.7. The number of carbonyl (C=O) groups excluding carboxylic acids is 4. The summed E-state index contributed by atoms with van der Waals surface area (Å²) in [4.78, 5) is 59.1. The fourth-order valence-electron chi connectivity index (χ4n) is 9.40. The van der Waals surface area contributed by atoms with Crippen molar-refractivity contribution in [1.82, 2.24) is 0 Å². The summed E-state index contributed by atoms with van der Waals surface area (Å²) in [7, 11) is 0. The number of phenolic OH excluding ortho intramolecular Hbond substituents is 4. The average Bonchev–Trinajstić information content (AvgIpc) is 1.64. The zero-order chi connectivity index (χ0) is 65.2. The summed E-state index contributed by atoms with van der Waals surface area (Å²) in [6.07, 6.45) is 0. The van der Waals surface area contributed by atoms with E-state index >= 15 is 0 Å². The molecule has 4 rings (SSSR count). The van der Waals surface area contributed by atoms with E-state index in [4.69, 9.17) is 31.6 Å². The molecule has 1 unspecified atom stereocenters. The Balaban J connectivity index is 1.81. The maximum atomic E-state index is 14.5. The Morgan fingerprint density at radius 2 is 0.541 bits per heavy atom. The minimum Gasteiger partial charge on any atom is -0.507 e. The molecule has 0 aliphatic rings. The van der Waals surface area contributed by atoms with E-state index < -0.39 is 104 Å². The minimum atomic E-state index is -1.68. The van der Waals surface area contributed by atoms with E-state index in [1.807, 2.05) is 203 Å². The molecule has 12 nitrogen and oxygen atoms in total. The molecule has 0 bridgehead atoms. The van der Waals surface area contributed by atoms with Crippen LogP contribution in [0.3, 0.4) is 0 Å². The van der Waals surface area contributed by atoms with Gasteiger partial charge in [-0.15, -0.1) is 35.3 Å². The van der Waals surface area contributed by atoms with Crippen molar-refractivity contribution in [2.45, 2.75) is 229 Å². The topological polar surface area (TPSA) is 186 Å². The lowest BCUT2D eigenvalue weighted by Crippen LogP contribution is -2.44. The van der Waals surface area contributed by atoms with Crippen molar-refractivity contribution in [3.63, 3.8) is 0 Å². The van der Waals surface area contributed by atoms with Gasteiger partial charge in [0.05, 0.1) is 17.3 Å². The van der Waals surface area contributed by atoms with Gasteiger partial charge >= 0.3 is 23.9 Å². The maximum Gasteiger partial charge on any atom is 0.323 e. The van der Waals surface area contributed by atoms with Crippen molar-refractivity contribution in [1.29, 1.82) is 0 Å². The second-order valence-electron chi connectivity index (χ2n) is 30.9. The Bertz CT molecular complexity index is 2680. The molecule has 0 saturated carbocycles. The van der Waals surface area contributed by atoms with E-state index in [1.54, 1.807) is 12.1 Å². The van der Waals surface area contributed by atoms with Crippen LogP contribution in [0.4, 0.5) is 0 Å². The molecule has 0 aliphatic carbocycles. The van der Waals surface area contributed by atoms with Crippen LogP contribution in [0.1, 0.15) is 221 Å². The van der Waals surface area contributed by atoms with Crippen LogP contribution in [0.15, 0.2) is 63.2 Å². The van der Waals surface area contributed by atoms with Crippen LogP contribution in [0.5, 0.6) is 23.0 Å². The molecule has 0 saturated heterocycles. The zero-order valence-corrected chi connectivity index (χ0v) is 58.7. The fourth-order valence-corrected chi connectivity index (χ4v) is 11.9. The summed E-state index contributed by atoms with van der Waals surface area (Å²) in [5, 5.41) is 44.6. The summed E-state index contributed by atoms with van der Waals surface area (Å²) < 4.78 is 24.4. The van der Waals surface area contributed by atoms with Crippen LogP contribution in [0.2, 0.25) is 0 Å². The SMILES string of the molecule is CC(C)(C)c1cc(SCC(=O)OCC(COC(=O)CSc2cc(C(C)(C)C)c(O)c(C(C)(C)C)c2)(COC(=O)CSc2cc(C(C)(C)C)c(O)c(C(C)(C)C)c2)COC(=O)C(S)c2cc(C(C)(C)C)c(O)c(C(C)(C)C)c2)cc(C(C)(C)C)c1O. The molecule has 4 N–H and O–H groups in total. The van der Waals surface area contributed by atoms with E-state index in [9.17, 15) is 39.6 Å². The van der Waals surface area contributed by atoms with Gasteiger partial charge in [0.1, 0.15) is 60.1 Å². The number of thiol groups is 1. The van der Waals surface area contributed by atoms with Crippen molar-refractivity contribution in [3.8, 4) is 23.0 Å². The molecular weight excluding hydrogens is 1150 g/mol. The van der Waals surface area contributed by atoms with Gasteiger partial charge in [-0.1, -0.05) is 166 Å². The molecule has 1 atom stereocenters. The van der Waals surface area contributed by atoms with E-state index in [0.717, 1.165) is 48.1 Å². The highest BCUT2D eigenvalue weighted by molar-refractivity contribution is 8.00. The first kappa shape index (κ1) is 72.8. The van der Waals surface area contributed by atoms with Gasteiger partial charge < -0.3 is 39.4 Å². The average molecular weight is 1250 g/mol. The minimum absolute atomic E-state index is 0.121. The Hall–Kier alpha value is -4.64. The molecule has 0 radical (unpaired) electrons. The first-order valence-electron chi connectivity index (χ1n) is 29.1. The molecular formula is C69H100O12S4. The van der Waals surface area contributed by atoms with Crippen LogP contribution >= 0.6 is 47.9 Å². The molecule has 0 fully saturated rings. The molecule has 4 aromatic rings. The van der Waals surface area contributed by atoms with Gasteiger partial charge in [-0.25, -0.2) is 0 Å². The highest BCUT2D eigenvalue weighted by Gasteiger charge is 2.40. The molecule has 0 aromatic heterocycles. The lowest BCUT2D eigenvalue weighted by molar-refractivity contribution is -0.168. The number of thioether (sulfide) groups is 3. The number of phenols is 4. The Morgan fingerprint density at radius 1 is 0.353 bits per heavy atom. The number of aromatic hydroxyl groups is 4. The zero-order valence-electron chi connectivity index (χ0n) is 55.4. The van der Waals surface area contributed by atoms with Gasteiger partial charge in [-0.2, -0.15) is 12.6 Å². The largest absolute Gasteiger partial charge is 0.507 e. The highest BCUT2D eigenvalue weighted by Crippen LogP contribution is 2.46. The third-order valence-electron chi connectivity index (χ3n) is 14.6. The smallest absolute Gasteiger partial charge is 0.323 e. The second kappa shape index (κ2) is 27.0. The highest BCUT2D eigenvalue weighted by atomic mass is 32.2. The third-order valence-corrected chi connectivity index (χ3v) is 18.0. The number of hydrogen-bond acceptors (Lipinski definition) is 16. The molecule has 4 aromatic carbocycles. The molecule has 0 aliphatic heterocycles. The van der Waals surface area contributed by atoms with Gasteiger partial charge in [-0.05, 0) is 109 Å². The van der Waals surface area contributed by atoms with Gasteiger partial charge in [0.15, 0.2) is 0 Å². The van der Waals surface area contributed by atoms with Gasteiger partial charge in [0.2, 0.25) is 0 Å². The quantitative estimate of drug-likeness (QED) is 0.0258. The standard InChI is InChI=1S/C69H100O12S4/c1-61(2,3)44-25-40(26-45(55(44)73)62(4,5)6)59(82)60(77)81-39-69(36-78-52(70)33-83-41-27-46(63(7,8)9)56(74)47(28-41)64(10,11)12,37-79-53(71)34-84-42-29-48(65(13,14)15)57(75)49(30-42)66(16,17)18)38-80-54(72)35-85-43-31-50(67(19,20)21)58(76)51(32-43)68(22,23)24/h25-32,59,73-76,82H,33-39H2,1-24H3. The van der Waals surface area contributed by atoms with Crippen LogP contribution in [-0.4, -0.2) is 88.0 Å². The predicted octanol–water partition coefficient (Wildman–Crippen LogP) is 16.4. The number of ether oxygens (including phenoxy) is 4. The number of rotatable bonds is 19. The number of hydrogen-bond donors (Lipinski definition) is 5. The molecule has 0 amide bonds. The Labute approximate surface area is 527 Å². The van der Waals surface area contributed by atoms with Crippen LogP contribution < -0.4 is 0 Å². The fraction of sp³-hybridized carbons (Fsp3) is 0.594. The van der Waals surface area contributed by atoms with Crippen LogP contribution in [-0.2, 0) is 81.4 Å². The molecule has 472 valence electrons. The lowest BCUT2D eigenvalue weighted by Gasteiger charge is -2.32. The summed E-state index contributed by atoms with van der Waals surface area (Å²) in [5.74, 6) is -2.60. The number of esters is 4. The van der Waals surface area contributed by atoms with Crippen LogP contribution in [0, 0.1) is 5.41 Å². The van der Waals surface area contributed by atoms with E-state index in [1.165, 1.54) is 35.3 Å². The van der Waals surface area contributed by atoms with Crippen molar-refractivity contribution >= 4 is 71.8 Å². The van der Waals surface area contributed by atoms with Crippen molar-refractivity contribution < 1.29 is 58.6 Å². The van der Waals surface area contributed by atoms with Gasteiger partial charge in [-0.3, -0.25) is 19.2 Å². The van der Waals surface area contributed by atoms with E-state index in [-0.39, 0.29) is 40.3 Å². The first-order chi connectivity index (χ1) is 38.4. The Morgan fingerprint density at radius 3 is 0.741 bits per heavy atom. The predicted molar refractivity (Wildman–Crippen MR) is 352 cm³/mol. The van der Waals surface area contributed by atoms with Crippen molar-refractivity contribution in [2.75, 3.05) is 43.7 Å². The Kier molecular flexibility index (Phi) is 23.1. The van der Waals surface area contributed by atoms with Crippen LogP contribution in [0.25, 0.3) is 0 Å². The molecule has 85 heavy (non-hydrogen) atoms. The first-order valence-corrected chi connectivity index (χ1v) is 32.6. The van der Waals surface area contributed by atoms with Crippen molar-refractivity contribution in [2.24, 2.45) is 5.41 Å². The normalized spacial score (nSPS) is 13.6. The molecule has 0 heterocycles. The molecule has 16 heteroatoms. The monoisotopic (exact) mass is 1250 g/mol. The second-order valence-corrected chi connectivity index (χ2v) is 34.6. The van der Waals surface area contributed by atoms with Crippen molar-refractivity contribution in [3.05, 3.63) is 98.6 Å². The summed E-state index contributed by atoms with van der Waals surface area (Å²) in [5.41, 5.74) is 0.745. The van der Waals surface area contributed by atoms with Gasteiger partial charge in [0.25, 0.3) is 0 Å². The third kappa shape index (κ3) is 19.9.